The molecule has 2 heterocycles. The van der Waals surface area contributed by atoms with Crippen LogP contribution in [0.2, 0.25) is 5.02 Å². The Morgan fingerprint density at radius 2 is 1.81 bits per heavy atom. The second kappa shape index (κ2) is 7.36. The quantitative estimate of drug-likeness (QED) is 0.746. The summed E-state index contributed by atoms with van der Waals surface area (Å²) in [6, 6.07) is 6.45. The molecule has 1 amide bonds. The van der Waals surface area contributed by atoms with Crippen molar-refractivity contribution in [3.8, 4) is 0 Å². The van der Waals surface area contributed by atoms with Crippen molar-refractivity contribution in [2.75, 3.05) is 5.32 Å². The van der Waals surface area contributed by atoms with Crippen molar-refractivity contribution in [1.82, 2.24) is 14.1 Å². The van der Waals surface area contributed by atoms with Crippen LogP contribution < -0.4 is 16.6 Å². The van der Waals surface area contributed by atoms with Crippen LogP contribution in [0.25, 0.3) is 11.0 Å². The Balaban J connectivity index is 2.24. The normalized spacial score (nSPS) is 11.0. The van der Waals surface area contributed by atoms with E-state index >= 15 is 0 Å². The second-order valence-corrected chi connectivity index (χ2v) is 6.71. The van der Waals surface area contributed by atoms with Crippen LogP contribution in [0.3, 0.4) is 0 Å². The van der Waals surface area contributed by atoms with Crippen LogP contribution in [0, 0.1) is 0 Å². The first-order valence-corrected chi connectivity index (χ1v) is 8.87. The van der Waals surface area contributed by atoms with E-state index in [1.165, 1.54) is 11.6 Å². The van der Waals surface area contributed by atoms with Crippen LogP contribution in [-0.2, 0) is 20.5 Å². The summed E-state index contributed by atoms with van der Waals surface area (Å²) < 4.78 is 2.31. The second-order valence-electron chi connectivity index (χ2n) is 6.27. The Labute approximate surface area is 160 Å². The van der Waals surface area contributed by atoms with Crippen LogP contribution in [0.15, 0.2) is 40.1 Å². The third-order valence-corrected chi connectivity index (χ3v) is 4.66. The summed E-state index contributed by atoms with van der Waals surface area (Å²) in [5, 5.41) is 3.58. The number of carbonyl (C=O) groups is 1. The van der Waals surface area contributed by atoms with Gasteiger partial charge in [-0.15, -0.1) is 0 Å². The molecule has 0 spiro atoms. The number of halogens is 1. The zero-order valence-corrected chi connectivity index (χ0v) is 16.0. The smallest absolute Gasteiger partial charge is 0.321 e. The molecule has 27 heavy (non-hydrogen) atoms. The molecule has 0 radical (unpaired) electrons. The van der Waals surface area contributed by atoms with Crippen LogP contribution in [0.1, 0.15) is 29.3 Å². The van der Waals surface area contributed by atoms with E-state index in [4.69, 9.17) is 11.6 Å². The number of benzene rings is 1. The number of hydrogen-bond acceptors (Lipinski definition) is 4. The average molecular weight is 387 g/mol. The van der Waals surface area contributed by atoms with E-state index in [9.17, 15) is 14.4 Å². The fourth-order valence-corrected chi connectivity index (χ4v) is 3.08. The molecule has 3 rings (SSSR count). The highest BCUT2D eigenvalue weighted by molar-refractivity contribution is 6.30. The summed E-state index contributed by atoms with van der Waals surface area (Å²) >= 11 is 5.88. The minimum absolute atomic E-state index is 0.216. The number of rotatable bonds is 4. The average Bonchev–Trinajstić information content (AvgIpc) is 2.66. The standard InChI is InChI=1S/C19H19ClN4O3/c1-4-5-12-10-21-16-14(18(26)24(3)19(27)23(16)2)15(12)22-17(25)11-6-8-13(20)9-7-11/h6-10H,4-5H2,1-3H3,(H,21,22,25). The molecule has 0 aliphatic heterocycles. The van der Waals surface area contributed by atoms with Gasteiger partial charge in [0, 0.05) is 30.9 Å². The van der Waals surface area contributed by atoms with E-state index in [2.05, 4.69) is 10.3 Å². The molecule has 140 valence electrons. The van der Waals surface area contributed by atoms with Crippen LogP contribution in [0.4, 0.5) is 5.69 Å². The van der Waals surface area contributed by atoms with Crippen LogP contribution in [-0.4, -0.2) is 20.0 Å². The molecule has 0 saturated heterocycles. The third kappa shape index (κ3) is 3.38. The van der Waals surface area contributed by atoms with Gasteiger partial charge in [0.25, 0.3) is 11.5 Å². The first-order chi connectivity index (χ1) is 12.8. The monoisotopic (exact) mass is 386 g/mol. The SMILES string of the molecule is CCCc1cnc2c(c1NC(=O)c1ccc(Cl)cc1)c(=O)n(C)c(=O)n2C. The zero-order chi connectivity index (χ0) is 19.7. The number of aromatic nitrogens is 3. The fraction of sp³-hybridized carbons (Fsp3) is 0.263. The maximum atomic E-state index is 12.8. The molecule has 3 aromatic rings. The molecule has 1 aromatic carbocycles. The lowest BCUT2D eigenvalue weighted by Crippen LogP contribution is -2.38. The van der Waals surface area contributed by atoms with Gasteiger partial charge in [-0.3, -0.25) is 18.7 Å². The fourth-order valence-electron chi connectivity index (χ4n) is 2.96. The molecule has 0 saturated carbocycles. The molecule has 0 atom stereocenters. The lowest BCUT2D eigenvalue weighted by atomic mass is 10.1. The minimum Gasteiger partial charge on any atom is -0.321 e. The summed E-state index contributed by atoms with van der Waals surface area (Å²) in [4.78, 5) is 42.0. The van der Waals surface area contributed by atoms with E-state index in [0.717, 1.165) is 16.6 Å². The van der Waals surface area contributed by atoms with E-state index in [-0.39, 0.29) is 16.9 Å². The Kier molecular flexibility index (Phi) is 5.14. The molecule has 0 fully saturated rings. The third-order valence-electron chi connectivity index (χ3n) is 4.41. The summed E-state index contributed by atoms with van der Waals surface area (Å²) in [7, 11) is 2.95. The maximum absolute atomic E-state index is 12.8. The number of aryl methyl sites for hydroxylation is 2. The van der Waals surface area contributed by atoms with Gasteiger partial charge < -0.3 is 5.32 Å². The van der Waals surface area contributed by atoms with Crippen molar-refractivity contribution < 1.29 is 4.79 Å². The molecule has 1 N–H and O–H groups in total. The summed E-state index contributed by atoms with van der Waals surface area (Å²) in [5.41, 5.74) is 0.798. The highest BCUT2D eigenvalue weighted by atomic mass is 35.5. The molecular weight excluding hydrogens is 368 g/mol. The molecule has 8 heteroatoms. The number of nitrogens with one attached hydrogen (secondary N) is 1. The molecule has 0 unspecified atom stereocenters. The van der Waals surface area contributed by atoms with Gasteiger partial charge in [0.1, 0.15) is 5.39 Å². The first kappa shape index (κ1) is 18.8. The Hall–Kier alpha value is -2.93. The largest absolute Gasteiger partial charge is 0.332 e. The van der Waals surface area contributed by atoms with Gasteiger partial charge in [0.05, 0.1) is 5.69 Å². The first-order valence-electron chi connectivity index (χ1n) is 8.49. The van der Waals surface area contributed by atoms with E-state index in [1.54, 1.807) is 37.5 Å². The van der Waals surface area contributed by atoms with Crippen molar-refractivity contribution in [1.29, 1.82) is 0 Å². The number of carbonyl (C=O) groups excluding carboxylic acids is 1. The summed E-state index contributed by atoms with van der Waals surface area (Å²) in [6.45, 7) is 1.99. The zero-order valence-electron chi connectivity index (χ0n) is 15.2. The van der Waals surface area contributed by atoms with Crippen molar-refractivity contribution in [3.63, 3.8) is 0 Å². The number of amides is 1. The van der Waals surface area contributed by atoms with E-state index in [1.807, 2.05) is 6.92 Å². The number of pyridine rings is 1. The number of fused-ring (bicyclic) bond motifs is 1. The van der Waals surface area contributed by atoms with Gasteiger partial charge in [-0.25, -0.2) is 9.78 Å². The van der Waals surface area contributed by atoms with Gasteiger partial charge in [-0.2, -0.15) is 0 Å². The lowest BCUT2D eigenvalue weighted by molar-refractivity contribution is 0.102. The lowest BCUT2D eigenvalue weighted by Gasteiger charge is -2.15. The summed E-state index contributed by atoms with van der Waals surface area (Å²) in [6.07, 6.45) is 3.04. The minimum atomic E-state index is -0.495. The Morgan fingerprint density at radius 1 is 1.15 bits per heavy atom. The van der Waals surface area contributed by atoms with E-state index < -0.39 is 11.2 Å². The number of nitrogens with zero attached hydrogens (tertiary/aromatic N) is 3. The van der Waals surface area contributed by atoms with Crippen LogP contribution in [0.5, 0.6) is 0 Å². The number of hydrogen-bond donors (Lipinski definition) is 1. The van der Waals surface area contributed by atoms with Crippen LogP contribution >= 0.6 is 11.6 Å². The number of anilines is 1. The predicted octanol–water partition coefficient (Wildman–Crippen LogP) is 2.49. The Bertz CT molecular complexity index is 1150. The topological polar surface area (TPSA) is 86.0 Å². The van der Waals surface area contributed by atoms with Crippen molar-refractivity contribution in [2.24, 2.45) is 14.1 Å². The van der Waals surface area contributed by atoms with Crippen molar-refractivity contribution in [2.45, 2.75) is 19.8 Å². The van der Waals surface area contributed by atoms with Gasteiger partial charge in [-0.05, 0) is 36.2 Å². The maximum Gasteiger partial charge on any atom is 0.332 e. The van der Waals surface area contributed by atoms with Gasteiger partial charge in [0.2, 0.25) is 0 Å². The summed E-state index contributed by atoms with van der Waals surface area (Å²) in [5.74, 6) is -0.368. The van der Waals surface area contributed by atoms with Gasteiger partial charge in [-0.1, -0.05) is 24.9 Å². The Morgan fingerprint density at radius 3 is 2.44 bits per heavy atom. The predicted molar refractivity (Wildman–Crippen MR) is 106 cm³/mol. The van der Waals surface area contributed by atoms with E-state index in [0.29, 0.717) is 22.7 Å². The molecule has 0 aliphatic rings. The molecule has 0 bridgehead atoms. The molecule has 7 nitrogen and oxygen atoms in total. The van der Waals surface area contributed by atoms with Gasteiger partial charge in [0.15, 0.2) is 5.65 Å². The molecule has 0 aliphatic carbocycles. The van der Waals surface area contributed by atoms with Crippen molar-refractivity contribution >= 4 is 34.2 Å². The highest BCUT2D eigenvalue weighted by Gasteiger charge is 2.19. The molecular formula is C19H19ClN4O3. The molecule has 2 aromatic heterocycles. The van der Waals surface area contributed by atoms with Gasteiger partial charge >= 0.3 is 5.69 Å². The van der Waals surface area contributed by atoms with Crippen molar-refractivity contribution in [3.05, 3.63) is 67.4 Å². The highest BCUT2D eigenvalue weighted by Crippen LogP contribution is 2.24.